The summed E-state index contributed by atoms with van der Waals surface area (Å²) < 4.78 is 1.14. The summed E-state index contributed by atoms with van der Waals surface area (Å²) in [6, 6.07) is 7.13. The fourth-order valence-corrected chi connectivity index (χ4v) is 3.59. The van der Waals surface area contributed by atoms with Crippen LogP contribution in [0, 0.1) is 0 Å². The summed E-state index contributed by atoms with van der Waals surface area (Å²) in [7, 11) is 0. The molecule has 0 saturated carbocycles. The van der Waals surface area contributed by atoms with E-state index in [2.05, 4.69) is 63.5 Å². The molecule has 2 atom stereocenters. The van der Waals surface area contributed by atoms with Crippen LogP contribution in [0.2, 0.25) is 0 Å². The van der Waals surface area contributed by atoms with Gasteiger partial charge >= 0.3 is 0 Å². The van der Waals surface area contributed by atoms with Gasteiger partial charge in [-0.3, -0.25) is 4.79 Å². The van der Waals surface area contributed by atoms with Crippen molar-refractivity contribution in [1.82, 2.24) is 10.6 Å². The number of rotatable bonds is 5. The quantitative estimate of drug-likeness (QED) is 0.855. The van der Waals surface area contributed by atoms with E-state index in [0.717, 1.165) is 30.5 Å². The van der Waals surface area contributed by atoms with Gasteiger partial charge in [0, 0.05) is 42.3 Å². The molecule has 1 amide bonds. The fourth-order valence-electron chi connectivity index (χ4n) is 2.88. The molecule has 1 saturated heterocycles. The predicted octanol–water partition coefficient (Wildman–Crippen LogP) is 2.83. The van der Waals surface area contributed by atoms with Crippen LogP contribution in [0.5, 0.6) is 0 Å². The zero-order valence-corrected chi connectivity index (χ0v) is 14.5. The lowest BCUT2D eigenvalue weighted by Gasteiger charge is -2.21. The minimum atomic E-state index is 0.0536. The van der Waals surface area contributed by atoms with Gasteiger partial charge in [0.15, 0.2) is 0 Å². The number of nitrogens with zero attached hydrogens (tertiary/aromatic N) is 1. The van der Waals surface area contributed by atoms with Crippen LogP contribution in [0.1, 0.15) is 38.8 Å². The van der Waals surface area contributed by atoms with Crippen molar-refractivity contribution in [3.05, 3.63) is 28.2 Å². The minimum absolute atomic E-state index is 0.0536. The Hall–Kier alpha value is -1.07. The third kappa shape index (κ3) is 4.20. The molecule has 0 spiro atoms. The number of carbonyl (C=O) groups is 1. The number of nitrogens with one attached hydrogen (secondary N) is 2. The van der Waals surface area contributed by atoms with Gasteiger partial charge in [-0.1, -0.05) is 28.9 Å². The summed E-state index contributed by atoms with van der Waals surface area (Å²) in [5, 5.41) is 6.43. The Morgan fingerprint density at radius 2 is 2.29 bits per heavy atom. The third-order valence-corrected chi connectivity index (χ3v) is 4.61. The van der Waals surface area contributed by atoms with E-state index in [9.17, 15) is 4.79 Å². The molecule has 0 aromatic heterocycles. The topological polar surface area (TPSA) is 44.4 Å². The average molecular weight is 354 g/mol. The molecule has 1 aliphatic heterocycles. The Kier molecular flexibility index (Phi) is 5.65. The van der Waals surface area contributed by atoms with Crippen molar-refractivity contribution in [1.29, 1.82) is 0 Å². The molecule has 1 heterocycles. The number of hydrogen-bond donors (Lipinski definition) is 2. The maximum absolute atomic E-state index is 11.1. The molecule has 4 nitrogen and oxygen atoms in total. The first kappa shape index (κ1) is 16.3. The van der Waals surface area contributed by atoms with Gasteiger partial charge < -0.3 is 15.5 Å². The Bertz CT molecular complexity index is 506. The molecule has 116 valence electrons. The van der Waals surface area contributed by atoms with Gasteiger partial charge in [-0.25, -0.2) is 0 Å². The molecular formula is C16H24BrN3O. The van der Waals surface area contributed by atoms with Crippen molar-refractivity contribution in [2.24, 2.45) is 0 Å². The normalized spacial score (nSPS) is 19.6. The van der Waals surface area contributed by atoms with Crippen molar-refractivity contribution < 1.29 is 4.79 Å². The first-order chi connectivity index (χ1) is 10.0. The second-order valence-electron chi connectivity index (χ2n) is 5.62. The average Bonchev–Trinajstić information content (AvgIpc) is 2.86. The number of hydrogen-bond acceptors (Lipinski definition) is 3. The number of anilines is 1. The Morgan fingerprint density at radius 1 is 1.52 bits per heavy atom. The zero-order chi connectivity index (χ0) is 15.4. The second-order valence-corrected chi connectivity index (χ2v) is 6.47. The lowest BCUT2D eigenvalue weighted by molar-refractivity contribution is -0.119. The maximum Gasteiger partial charge on any atom is 0.217 e. The summed E-state index contributed by atoms with van der Waals surface area (Å²) in [5.41, 5.74) is 2.49. The van der Waals surface area contributed by atoms with Crippen LogP contribution in [0.3, 0.4) is 0 Å². The van der Waals surface area contributed by atoms with Crippen LogP contribution in [0.25, 0.3) is 0 Å². The van der Waals surface area contributed by atoms with Crippen molar-refractivity contribution in [3.63, 3.8) is 0 Å². The highest BCUT2D eigenvalue weighted by Crippen LogP contribution is 2.30. The molecule has 0 radical (unpaired) electrons. The van der Waals surface area contributed by atoms with Crippen molar-refractivity contribution in [2.75, 3.05) is 24.5 Å². The van der Waals surface area contributed by atoms with Crippen molar-refractivity contribution >= 4 is 27.5 Å². The van der Waals surface area contributed by atoms with Gasteiger partial charge in [0.1, 0.15) is 0 Å². The molecule has 0 aliphatic carbocycles. The molecule has 0 bridgehead atoms. The molecule has 21 heavy (non-hydrogen) atoms. The van der Waals surface area contributed by atoms with E-state index in [1.807, 2.05) is 0 Å². The minimum Gasteiger partial charge on any atom is -0.369 e. The maximum atomic E-state index is 11.1. The Balaban J connectivity index is 2.05. The first-order valence-corrected chi connectivity index (χ1v) is 8.35. The fraction of sp³-hybridized carbons (Fsp3) is 0.562. The second kappa shape index (κ2) is 7.27. The van der Waals surface area contributed by atoms with E-state index in [1.165, 1.54) is 11.3 Å². The van der Waals surface area contributed by atoms with Crippen molar-refractivity contribution in [3.8, 4) is 0 Å². The van der Waals surface area contributed by atoms with Crippen LogP contribution in [0.4, 0.5) is 5.69 Å². The molecule has 2 rings (SSSR count). The molecule has 1 aromatic carbocycles. The van der Waals surface area contributed by atoms with E-state index in [0.29, 0.717) is 6.04 Å². The summed E-state index contributed by atoms with van der Waals surface area (Å²) >= 11 is 3.68. The standard InChI is InChI=1S/C16H24BrN3O/c1-4-18-11(2)15-6-5-14(9-16(15)17)20-8-7-13(10-20)19-12(3)21/h5-6,9,11,13,18H,4,7-8,10H2,1-3H3,(H,19,21). The number of amides is 1. The lowest BCUT2D eigenvalue weighted by Crippen LogP contribution is -2.35. The van der Waals surface area contributed by atoms with Crippen molar-refractivity contribution in [2.45, 2.75) is 39.3 Å². The lowest BCUT2D eigenvalue weighted by atomic mass is 10.1. The molecule has 1 aromatic rings. The highest BCUT2D eigenvalue weighted by molar-refractivity contribution is 9.10. The molecule has 5 heteroatoms. The van der Waals surface area contributed by atoms with Gasteiger partial charge in [0.25, 0.3) is 0 Å². The predicted molar refractivity (Wildman–Crippen MR) is 90.7 cm³/mol. The van der Waals surface area contributed by atoms with Crippen LogP contribution in [-0.4, -0.2) is 31.6 Å². The number of carbonyl (C=O) groups excluding carboxylic acids is 1. The van der Waals surface area contributed by atoms with E-state index in [-0.39, 0.29) is 11.9 Å². The SMILES string of the molecule is CCNC(C)c1ccc(N2CCC(NC(C)=O)C2)cc1Br. The summed E-state index contributed by atoms with van der Waals surface area (Å²) in [6.45, 7) is 8.70. The van der Waals surface area contributed by atoms with Crippen LogP contribution in [-0.2, 0) is 4.79 Å². The van der Waals surface area contributed by atoms with E-state index >= 15 is 0 Å². The highest BCUT2D eigenvalue weighted by atomic mass is 79.9. The Labute approximate surface area is 135 Å². The van der Waals surface area contributed by atoms with Crippen LogP contribution < -0.4 is 15.5 Å². The first-order valence-electron chi connectivity index (χ1n) is 7.56. The molecule has 2 unspecified atom stereocenters. The summed E-state index contributed by atoms with van der Waals surface area (Å²) in [6.07, 6.45) is 1.01. The van der Waals surface area contributed by atoms with Gasteiger partial charge in [0.2, 0.25) is 5.91 Å². The van der Waals surface area contributed by atoms with Gasteiger partial charge in [-0.05, 0) is 37.6 Å². The van der Waals surface area contributed by atoms with Crippen LogP contribution in [0.15, 0.2) is 22.7 Å². The smallest absolute Gasteiger partial charge is 0.217 e. The van der Waals surface area contributed by atoms with Gasteiger partial charge in [0.05, 0.1) is 0 Å². The summed E-state index contributed by atoms with van der Waals surface area (Å²) in [5.74, 6) is 0.0536. The number of halogens is 1. The molecule has 1 aliphatic rings. The highest BCUT2D eigenvalue weighted by Gasteiger charge is 2.23. The monoisotopic (exact) mass is 353 g/mol. The van der Waals surface area contributed by atoms with Gasteiger partial charge in [-0.15, -0.1) is 0 Å². The van der Waals surface area contributed by atoms with E-state index in [1.54, 1.807) is 6.92 Å². The zero-order valence-electron chi connectivity index (χ0n) is 12.9. The molecule has 1 fully saturated rings. The van der Waals surface area contributed by atoms with E-state index < -0.39 is 0 Å². The molecular weight excluding hydrogens is 330 g/mol. The van der Waals surface area contributed by atoms with Gasteiger partial charge in [-0.2, -0.15) is 0 Å². The largest absolute Gasteiger partial charge is 0.369 e. The van der Waals surface area contributed by atoms with Crippen LogP contribution >= 0.6 is 15.9 Å². The third-order valence-electron chi connectivity index (χ3n) is 3.92. The molecule has 2 N–H and O–H groups in total. The Morgan fingerprint density at radius 3 is 2.90 bits per heavy atom. The number of benzene rings is 1. The summed E-state index contributed by atoms with van der Waals surface area (Å²) in [4.78, 5) is 13.5. The van der Waals surface area contributed by atoms with E-state index in [4.69, 9.17) is 0 Å².